The molecule has 3 aliphatic rings. The van der Waals surface area contributed by atoms with Crippen LogP contribution in [0.5, 0.6) is 17.2 Å². The summed E-state index contributed by atoms with van der Waals surface area (Å²) in [5.41, 5.74) is 1.97. The molecule has 1 saturated heterocycles. The molecular formula is C35H41ClN3O9PS2. The number of methoxy groups -OCH3 is 1. The Morgan fingerprint density at radius 1 is 1.10 bits per heavy atom. The molecule has 2 N–H and O–H groups in total. The fourth-order valence-corrected chi connectivity index (χ4v) is 7.95. The summed E-state index contributed by atoms with van der Waals surface area (Å²) >= 11 is 10.9. The number of amides is 3. The summed E-state index contributed by atoms with van der Waals surface area (Å²) in [7, 11) is 1.99. The summed E-state index contributed by atoms with van der Waals surface area (Å²) in [4.78, 5) is 54.4. The van der Waals surface area contributed by atoms with E-state index < -0.39 is 27.4 Å². The Hall–Kier alpha value is -3.13. The monoisotopic (exact) mass is 777 g/mol. The van der Waals surface area contributed by atoms with Crippen molar-refractivity contribution >= 4 is 83.1 Å². The number of halogens is 1. The third-order valence-corrected chi connectivity index (χ3v) is 11.7. The maximum atomic E-state index is 13.7. The number of ether oxygens (including phenoxy) is 3. The van der Waals surface area contributed by atoms with E-state index in [0.717, 1.165) is 21.2 Å². The second-order valence-corrected chi connectivity index (χ2v) is 15.2. The van der Waals surface area contributed by atoms with Gasteiger partial charge >= 0.3 is 6.09 Å². The van der Waals surface area contributed by atoms with Gasteiger partial charge in [0.25, 0.3) is 5.91 Å². The highest BCUT2D eigenvalue weighted by Crippen LogP contribution is 2.48. The van der Waals surface area contributed by atoms with Gasteiger partial charge in [-0.15, -0.1) is 23.3 Å². The number of nitrogens with zero attached hydrogens (tertiary/aromatic N) is 3. The van der Waals surface area contributed by atoms with Crippen molar-refractivity contribution in [3.05, 3.63) is 53.6 Å². The molecule has 3 amide bonds. The van der Waals surface area contributed by atoms with Gasteiger partial charge in [0.2, 0.25) is 14.9 Å². The van der Waals surface area contributed by atoms with Crippen LogP contribution in [0.15, 0.2) is 42.5 Å². The van der Waals surface area contributed by atoms with Crippen LogP contribution in [0.4, 0.5) is 16.2 Å². The molecule has 12 nitrogen and oxygen atoms in total. The van der Waals surface area contributed by atoms with E-state index in [1.165, 1.54) is 17.9 Å². The predicted octanol–water partition coefficient (Wildman–Crippen LogP) is 6.84. The molecule has 51 heavy (non-hydrogen) atoms. The van der Waals surface area contributed by atoms with Crippen molar-refractivity contribution in [3.8, 4) is 17.2 Å². The summed E-state index contributed by atoms with van der Waals surface area (Å²) < 4.78 is 22.8. The molecule has 1 fully saturated rings. The summed E-state index contributed by atoms with van der Waals surface area (Å²) in [5, 5.41) is 12.7. The van der Waals surface area contributed by atoms with Crippen LogP contribution in [-0.2, 0) is 9.53 Å². The second-order valence-electron chi connectivity index (χ2n) is 12.7. The van der Waals surface area contributed by atoms with Crippen molar-refractivity contribution < 1.29 is 43.1 Å². The first kappa shape index (κ1) is 37.6. The highest BCUT2D eigenvalue weighted by Gasteiger charge is 2.45. The van der Waals surface area contributed by atoms with E-state index in [-0.39, 0.29) is 46.9 Å². The number of thiol groups is 1. The Morgan fingerprint density at radius 3 is 2.61 bits per heavy atom. The van der Waals surface area contributed by atoms with Gasteiger partial charge in [-0.2, -0.15) is 0 Å². The van der Waals surface area contributed by atoms with Crippen molar-refractivity contribution in [2.45, 2.75) is 68.3 Å². The van der Waals surface area contributed by atoms with Gasteiger partial charge < -0.3 is 38.5 Å². The van der Waals surface area contributed by atoms with Crippen molar-refractivity contribution in [1.29, 1.82) is 0 Å². The van der Waals surface area contributed by atoms with Gasteiger partial charge in [-0.05, 0) is 50.5 Å². The predicted molar refractivity (Wildman–Crippen MR) is 203 cm³/mol. The van der Waals surface area contributed by atoms with Crippen molar-refractivity contribution in [1.82, 2.24) is 4.90 Å². The highest BCUT2D eigenvalue weighted by molar-refractivity contribution is 8.68. The third-order valence-electron chi connectivity index (χ3n) is 9.48. The second kappa shape index (κ2) is 16.7. The Balaban J connectivity index is 1.11. The van der Waals surface area contributed by atoms with Gasteiger partial charge in [0.05, 0.1) is 42.1 Å². The van der Waals surface area contributed by atoms with Crippen LogP contribution in [0.25, 0.3) is 10.8 Å². The number of benzene rings is 3. The minimum absolute atomic E-state index is 0.0570. The number of rotatable bonds is 13. The number of hydrogen-bond acceptors (Lipinski definition) is 11. The smallest absolute Gasteiger partial charge is 0.416 e. The zero-order chi connectivity index (χ0) is 36.2. The maximum absolute atomic E-state index is 13.7. The first-order valence-corrected chi connectivity index (χ1v) is 20.1. The number of carbonyl (C=O) groups is 3. The van der Waals surface area contributed by atoms with Crippen LogP contribution in [0.1, 0.15) is 66.7 Å². The van der Waals surface area contributed by atoms with Crippen LogP contribution >= 0.6 is 43.1 Å². The van der Waals surface area contributed by atoms with Crippen molar-refractivity contribution in [2.75, 3.05) is 43.2 Å². The zero-order valence-electron chi connectivity index (χ0n) is 28.2. The Labute approximate surface area is 312 Å². The summed E-state index contributed by atoms with van der Waals surface area (Å²) in [5.74, 6) is 0.766. The van der Waals surface area contributed by atoms with Crippen molar-refractivity contribution in [2.24, 2.45) is 0 Å². The van der Waals surface area contributed by atoms with E-state index >= 15 is 0 Å². The molecule has 3 aromatic rings. The number of hydrogen-bond donors (Lipinski definition) is 3. The number of aliphatic hydroxyl groups excluding tert-OH is 1. The average molecular weight is 778 g/mol. The van der Waals surface area contributed by atoms with E-state index in [9.17, 15) is 24.4 Å². The lowest BCUT2D eigenvalue weighted by Gasteiger charge is -2.32. The molecule has 3 unspecified atom stereocenters. The molecule has 3 heterocycles. The Kier molecular flexibility index (Phi) is 12.3. The topological polar surface area (TPSA) is 138 Å². The molecule has 3 aliphatic heterocycles. The average Bonchev–Trinajstić information content (AvgIpc) is 3.75. The van der Waals surface area contributed by atoms with Crippen LogP contribution < -0.4 is 23.8 Å². The molecule has 16 heteroatoms. The number of carbonyl (C=O) groups excluding carboxylic acids is 3. The summed E-state index contributed by atoms with van der Waals surface area (Å²) in [6.07, 6.45) is 1.38. The first-order valence-electron chi connectivity index (χ1n) is 16.8. The fraction of sp³-hybridized carbons (Fsp3) is 0.457. The van der Waals surface area contributed by atoms with Crippen LogP contribution in [0.3, 0.4) is 0 Å². The minimum Gasteiger partial charge on any atom is -0.493 e. The molecular weight excluding hydrogens is 737 g/mol. The maximum Gasteiger partial charge on any atom is 0.416 e. The van der Waals surface area contributed by atoms with Gasteiger partial charge in [0.1, 0.15) is 12.4 Å². The quantitative estimate of drug-likeness (QED) is 0.0556. The number of anilines is 2. The van der Waals surface area contributed by atoms with Gasteiger partial charge in [-0.3, -0.25) is 9.59 Å². The van der Waals surface area contributed by atoms with E-state index in [4.69, 9.17) is 30.3 Å². The molecule has 5 atom stereocenters. The van der Waals surface area contributed by atoms with Gasteiger partial charge in [-0.25, -0.2) is 9.69 Å². The summed E-state index contributed by atoms with van der Waals surface area (Å²) in [6.45, 7) is 3.02. The molecule has 0 bridgehead atoms. The lowest BCUT2D eigenvalue weighted by atomic mass is 10.0. The SMILES string of the molecule is COc1cc2c(cc1OCCCCCC(=O)N1C[C@@H](Cl)c3c1cc(OPO)c1ccccc31)N(C(=O)OCC(C)SS)C(O)[C@@H]1CCCN1C2=O. The van der Waals surface area contributed by atoms with Gasteiger partial charge in [-0.1, -0.05) is 35.1 Å². The zero-order valence-corrected chi connectivity index (χ0v) is 31.7. The minimum atomic E-state index is -1.31. The Bertz CT molecular complexity index is 1790. The van der Waals surface area contributed by atoms with Gasteiger partial charge in [0, 0.05) is 47.8 Å². The lowest BCUT2D eigenvalue weighted by molar-refractivity contribution is -0.118. The normalized spacial score (nSPS) is 20.3. The molecule has 3 aromatic carbocycles. The van der Waals surface area contributed by atoms with E-state index in [2.05, 4.69) is 11.7 Å². The largest absolute Gasteiger partial charge is 0.493 e. The fourth-order valence-electron chi connectivity index (χ4n) is 7.01. The van der Waals surface area contributed by atoms with E-state index in [1.807, 2.05) is 31.2 Å². The van der Waals surface area contributed by atoms with Gasteiger partial charge in [0.15, 0.2) is 17.7 Å². The number of alkyl halides is 1. The number of fused-ring (bicyclic) bond motifs is 5. The van der Waals surface area contributed by atoms with Crippen LogP contribution in [-0.4, -0.2) is 83.7 Å². The number of unbranched alkanes of at least 4 members (excludes halogenated alkanes) is 2. The van der Waals surface area contributed by atoms with Crippen LogP contribution in [0, 0.1) is 0 Å². The molecule has 0 saturated carbocycles. The highest BCUT2D eigenvalue weighted by atomic mass is 35.5. The molecule has 0 radical (unpaired) electrons. The molecule has 0 aliphatic carbocycles. The lowest BCUT2D eigenvalue weighted by Crippen LogP contribution is -2.51. The number of aliphatic hydroxyl groups is 1. The molecule has 274 valence electrons. The summed E-state index contributed by atoms with van der Waals surface area (Å²) in [6, 6.07) is 11.9. The van der Waals surface area contributed by atoms with E-state index in [0.29, 0.717) is 74.6 Å². The van der Waals surface area contributed by atoms with Crippen molar-refractivity contribution in [3.63, 3.8) is 0 Å². The standard InChI is InChI=1S/C35H41ClN3O9PS2/c1-20(51-50)19-47-35(43)39-26-16-30(29(45-2)15-23(26)33(41)37-13-8-11-25(37)34(39)42)46-14-7-3-4-12-31(40)38-18-24(36)32-22-10-6-5-9-21(22)28(48-49-44)17-27(32)38/h5-6,9-10,15-17,20,24-25,34,42,44,49-50H,3-4,7-8,11-14,18-19H2,1-2H3/t20?,24-,25+,34?/m1/s1. The Morgan fingerprint density at radius 2 is 1.86 bits per heavy atom. The third kappa shape index (κ3) is 7.68. The van der Waals surface area contributed by atoms with E-state index in [1.54, 1.807) is 28.0 Å². The molecule has 0 spiro atoms. The first-order chi connectivity index (χ1) is 24.7. The molecule has 6 rings (SSSR count). The van der Waals surface area contributed by atoms with Crippen LogP contribution in [0.2, 0.25) is 0 Å². The molecule has 0 aromatic heterocycles.